The molecule has 0 saturated heterocycles. The zero-order valence-electron chi connectivity index (χ0n) is 12.4. The van der Waals surface area contributed by atoms with Crippen LogP contribution < -0.4 is 0 Å². The normalized spacial score (nSPS) is 15.1. The van der Waals surface area contributed by atoms with Gasteiger partial charge in [-0.25, -0.2) is 0 Å². The van der Waals surface area contributed by atoms with Crippen LogP contribution >= 0.6 is 0 Å². The van der Waals surface area contributed by atoms with Crippen molar-refractivity contribution in [2.75, 3.05) is 14.2 Å². The molecule has 0 aliphatic heterocycles. The fraction of sp³-hybridized carbons (Fsp3) is 0.667. The molecule has 0 aromatic rings. The van der Waals surface area contributed by atoms with Crippen molar-refractivity contribution in [3.63, 3.8) is 0 Å². The maximum absolute atomic E-state index is 5.49. The minimum Gasteiger partial charge on any atom is -0.495 e. The Kier molecular flexibility index (Phi) is 7.60. The average Bonchev–Trinajstić information content (AvgIpc) is 2.32. The Morgan fingerprint density at radius 2 is 1.82 bits per heavy atom. The van der Waals surface area contributed by atoms with E-state index in [1.165, 1.54) is 11.1 Å². The molecule has 0 rings (SSSR count). The molecule has 98 valence electrons. The predicted molar refractivity (Wildman–Crippen MR) is 76.6 cm³/mol. The molecule has 0 aliphatic carbocycles. The lowest BCUT2D eigenvalue weighted by Gasteiger charge is -2.14. The first-order chi connectivity index (χ1) is 8.01. The quantitative estimate of drug-likeness (QED) is 0.381. The Bertz CT molecular complexity index is 322. The lowest BCUT2D eigenvalue weighted by atomic mass is 10.00. The Morgan fingerprint density at radius 1 is 1.24 bits per heavy atom. The van der Waals surface area contributed by atoms with Crippen molar-refractivity contribution in [2.45, 2.75) is 47.5 Å². The van der Waals surface area contributed by atoms with E-state index in [1.807, 2.05) is 7.05 Å². The first-order valence-electron chi connectivity index (χ1n) is 6.43. The molecule has 2 nitrogen and oxygen atoms in total. The highest BCUT2D eigenvalue weighted by Crippen LogP contribution is 2.18. The van der Waals surface area contributed by atoms with Gasteiger partial charge in [-0.2, -0.15) is 0 Å². The van der Waals surface area contributed by atoms with Crippen LogP contribution in [0.5, 0.6) is 0 Å². The van der Waals surface area contributed by atoms with Crippen LogP contribution in [0.1, 0.15) is 47.5 Å². The van der Waals surface area contributed by atoms with Gasteiger partial charge < -0.3 is 4.74 Å². The zero-order chi connectivity index (χ0) is 13.4. The van der Waals surface area contributed by atoms with Gasteiger partial charge in [-0.15, -0.1) is 0 Å². The lowest BCUT2D eigenvalue weighted by Crippen LogP contribution is -2.12. The third kappa shape index (κ3) is 4.76. The van der Waals surface area contributed by atoms with Crippen LogP contribution in [0, 0.1) is 5.92 Å². The average molecular weight is 237 g/mol. The molecule has 0 spiro atoms. The van der Waals surface area contributed by atoms with Gasteiger partial charge in [-0.1, -0.05) is 33.3 Å². The molecule has 0 fully saturated rings. The van der Waals surface area contributed by atoms with Crippen molar-refractivity contribution in [2.24, 2.45) is 10.9 Å². The molecule has 0 amide bonds. The van der Waals surface area contributed by atoms with Gasteiger partial charge >= 0.3 is 0 Å². The fourth-order valence-corrected chi connectivity index (χ4v) is 1.80. The van der Waals surface area contributed by atoms with Gasteiger partial charge in [0, 0.05) is 7.05 Å². The summed E-state index contributed by atoms with van der Waals surface area (Å²) in [5.41, 5.74) is 3.80. The number of rotatable bonds is 6. The Hall–Kier alpha value is -1.05. The van der Waals surface area contributed by atoms with Crippen LogP contribution in [0.25, 0.3) is 0 Å². The third-order valence-corrected chi connectivity index (χ3v) is 3.02. The van der Waals surface area contributed by atoms with Crippen LogP contribution in [-0.4, -0.2) is 19.9 Å². The topological polar surface area (TPSA) is 21.6 Å². The summed E-state index contributed by atoms with van der Waals surface area (Å²) in [7, 11) is 3.54. The highest BCUT2D eigenvalue weighted by Gasteiger charge is 2.12. The monoisotopic (exact) mass is 237 g/mol. The highest BCUT2D eigenvalue weighted by molar-refractivity contribution is 6.00. The number of allylic oxidation sites excluding steroid dienone is 4. The summed E-state index contributed by atoms with van der Waals surface area (Å²) >= 11 is 0. The lowest BCUT2D eigenvalue weighted by molar-refractivity contribution is 0.311. The van der Waals surface area contributed by atoms with Gasteiger partial charge in [0.15, 0.2) is 0 Å². The van der Waals surface area contributed by atoms with Crippen molar-refractivity contribution in [3.8, 4) is 0 Å². The molecule has 0 N–H and O–H groups in total. The Morgan fingerprint density at radius 3 is 2.12 bits per heavy atom. The van der Waals surface area contributed by atoms with E-state index in [-0.39, 0.29) is 0 Å². The molecule has 0 aliphatic rings. The number of nitrogens with zero attached hydrogens (tertiary/aromatic N) is 1. The fourth-order valence-electron chi connectivity index (χ4n) is 1.80. The van der Waals surface area contributed by atoms with Crippen LogP contribution in [0.4, 0.5) is 0 Å². The highest BCUT2D eigenvalue weighted by atomic mass is 16.5. The number of aliphatic imine (C=N–C) groups is 1. The van der Waals surface area contributed by atoms with Crippen molar-refractivity contribution in [3.05, 3.63) is 23.0 Å². The van der Waals surface area contributed by atoms with Crippen molar-refractivity contribution in [1.82, 2.24) is 0 Å². The molecule has 0 bridgehead atoms. The standard InChI is InChI=1S/C15H27NO/c1-8-12(5)13(9-2)10-14(17-7)15(16-6)11(3)4/h10-11H,8-9H2,1-7H3/b13-12+,14-10+,16-15-. The second-order valence-electron chi connectivity index (χ2n) is 4.49. The smallest absolute Gasteiger partial charge is 0.140 e. The number of methoxy groups -OCH3 is 1. The van der Waals surface area contributed by atoms with Gasteiger partial charge in [0.2, 0.25) is 0 Å². The SMILES string of the molecule is CC/C(C)=C(/C=C(OC)\C(=N/C)C(C)C)CC. The summed E-state index contributed by atoms with van der Waals surface area (Å²) in [5.74, 6) is 1.28. The van der Waals surface area contributed by atoms with Gasteiger partial charge in [0.1, 0.15) is 5.76 Å². The Balaban J connectivity index is 5.38. The summed E-state index contributed by atoms with van der Waals surface area (Å²) in [6, 6.07) is 0. The van der Waals surface area contributed by atoms with Crippen molar-refractivity contribution < 1.29 is 4.74 Å². The van der Waals surface area contributed by atoms with E-state index in [9.17, 15) is 0 Å². The minimum atomic E-state index is 0.381. The minimum absolute atomic E-state index is 0.381. The van der Waals surface area contributed by atoms with Gasteiger partial charge in [0.25, 0.3) is 0 Å². The maximum Gasteiger partial charge on any atom is 0.140 e. The molecule has 0 unspecified atom stereocenters. The number of ether oxygens (including phenoxy) is 1. The van der Waals surface area contributed by atoms with E-state index in [1.54, 1.807) is 7.11 Å². The van der Waals surface area contributed by atoms with E-state index in [0.717, 1.165) is 24.3 Å². The molecule has 0 saturated carbocycles. The van der Waals surface area contributed by atoms with Crippen molar-refractivity contribution in [1.29, 1.82) is 0 Å². The molecule has 0 atom stereocenters. The molecular formula is C15H27NO. The van der Waals surface area contributed by atoms with Crippen LogP contribution in [0.15, 0.2) is 28.0 Å². The maximum atomic E-state index is 5.49. The molecule has 0 aromatic carbocycles. The second kappa shape index (κ2) is 8.10. The number of hydrogen-bond acceptors (Lipinski definition) is 2. The first-order valence-corrected chi connectivity index (χ1v) is 6.43. The number of hydrogen-bond donors (Lipinski definition) is 0. The summed E-state index contributed by atoms with van der Waals surface area (Å²) < 4.78 is 5.49. The molecule has 0 heterocycles. The molecular weight excluding hydrogens is 210 g/mol. The molecule has 17 heavy (non-hydrogen) atoms. The molecule has 0 radical (unpaired) electrons. The van der Waals surface area contributed by atoms with Gasteiger partial charge in [-0.05, 0) is 37.3 Å². The van der Waals surface area contributed by atoms with Crippen LogP contribution in [-0.2, 0) is 4.74 Å². The Labute approximate surface area is 106 Å². The summed E-state index contributed by atoms with van der Waals surface area (Å²) in [6.07, 6.45) is 4.25. The first kappa shape index (κ1) is 16.0. The largest absolute Gasteiger partial charge is 0.495 e. The molecule has 0 aromatic heterocycles. The predicted octanol–water partition coefficient (Wildman–Crippen LogP) is 4.38. The van der Waals surface area contributed by atoms with Crippen LogP contribution in [0.3, 0.4) is 0 Å². The van der Waals surface area contributed by atoms with Gasteiger partial charge in [-0.3, -0.25) is 4.99 Å². The third-order valence-electron chi connectivity index (χ3n) is 3.02. The van der Waals surface area contributed by atoms with E-state index in [2.05, 4.69) is 45.7 Å². The molecule has 2 heteroatoms. The zero-order valence-corrected chi connectivity index (χ0v) is 12.4. The summed E-state index contributed by atoms with van der Waals surface area (Å²) in [4.78, 5) is 4.33. The van der Waals surface area contributed by atoms with Crippen LogP contribution in [0.2, 0.25) is 0 Å². The van der Waals surface area contributed by atoms with E-state index in [0.29, 0.717) is 5.92 Å². The second-order valence-corrected chi connectivity index (χ2v) is 4.49. The summed E-state index contributed by atoms with van der Waals surface area (Å²) in [6.45, 7) is 10.8. The van der Waals surface area contributed by atoms with Crippen molar-refractivity contribution >= 4 is 5.71 Å². The van der Waals surface area contributed by atoms with Gasteiger partial charge in [0.05, 0.1) is 12.8 Å². The van der Waals surface area contributed by atoms with E-state index < -0.39 is 0 Å². The van der Waals surface area contributed by atoms with E-state index in [4.69, 9.17) is 4.74 Å². The summed E-state index contributed by atoms with van der Waals surface area (Å²) in [5, 5.41) is 0. The van der Waals surface area contributed by atoms with E-state index >= 15 is 0 Å².